The second kappa shape index (κ2) is 6.10. The van der Waals surface area contributed by atoms with Crippen molar-refractivity contribution in [3.05, 3.63) is 54.1 Å². The Morgan fingerprint density at radius 2 is 1.95 bits per heavy atom. The molecule has 4 nitrogen and oxygen atoms in total. The third-order valence-corrected chi connectivity index (χ3v) is 3.14. The van der Waals surface area contributed by atoms with Crippen molar-refractivity contribution in [3.63, 3.8) is 0 Å². The van der Waals surface area contributed by atoms with Crippen LogP contribution in [0.3, 0.4) is 0 Å². The third-order valence-electron chi connectivity index (χ3n) is 3.14. The van der Waals surface area contributed by atoms with E-state index < -0.39 is 0 Å². The number of nitrogens with two attached hydrogens (primary N) is 1. The quantitative estimate of drug-likeness (QED) is 0.839. The molecule has 0 saturated carbocycles. The van der Waals surface area contributed by atoms with E-state index in [2.05, 4.69) is 5.32 Å². The van der Waals surface area contributed by atoms with E-state index in [1.165, 1.54) is 0 Å². The molecule has 2 aromatic rings. The van der Waals surface area contributed by atoms with Crippen molar-refractivity contribution >= 4 is 17.3 Å². The number of nitrogen functional groups attached to an aromatic ring is 1. The molecule has 2 aromatic carbocycles. The molecule has 0 aromatic heterocycles. The van der Waals surface area contributed by atoms with Crippen LogP contribution in [0.25, 0.3) is 0 Å². The number of nitrogens with one attached hydrogen (secondary N) is 1. The molecule has 0 aliphatic rings. The zero-order valence-electron chi connectivity index (χ0n) is 11.6. The predicted molar refractivity (Wildman–Crippen MR) is 80.9 cm³/mol. The molecule has 1 atom stereocenters. The van der Waals surface area contributed by atoms with Crippen molar-refractivity contribution < 1.29 is 9.53 Å². The zero-order chi connectivity index (χ0) is 14.5. The number of hydrogen-bond donors (Lipinski definition) is 2. The van der Waals surface area contributed by atoms with Gasteiger partial charge in [-0.2, -0.15) is 0 Å². The number of benzene rings is 2. The van der Waals surface area contributed by atoms with Gasteiger partial charge >= 0.3 is 0 Å². The van der Waals surface area contributed by atoms with Gasteiger partial charge in [-0.1, -0.05) is 18.2 Å². The zero-order valence-corrected chi connectivity index (χ0v) is 11.6. The van der Waals surface area contributed by atoms with Gasteiger partial charge < -0.3 is 15.8 Å². The van der Waals surface area contributed by atoms with Crippen molar-refractivity contribution in [1.82, 2.24) is 0 Å². The first-order chi connectivity index (χ1) is 9.60. The second-order valence-corrected chi connectivity index (χ2v) is 4.61. The highest BCUT2D eigenvalue weighted by Crippen LogP contribution is 2.21. The van der Waals surface area contributed by atoms with Crippen LogP contribution in [-0.2, 0) is 4.79 Å². The Morgan fingerprint density at radius 3 is 2.65 bits per heavy atom. The van der Waals surface area contributed by atoms with Crippen LogP contribution in [0.4, 0.5) is 11.4 Å². The fourth-order valence-electron chi connectivity index (χ4n) is 1.93. The highest BCUT2D eigenvalue weighted by atomic mass is 16.5. The molecule has 0 aliphatic heterocycles. The molecule has 0 heterocycles. The summed E-state index contributed by atoms with van der Waals surface area (Å²) in [7, 11) is 1.59. The molecule has 2 rings (SSSR count). The van der Waals surface area contributed by atoms with E-state index in [9.17, 15) is 4.79 Å². The first-order valence-electron chi connectivity index (χ1n) is 6.40. The Kier molecular flexibility index (Phi) is 4.25. The topological polar surface area (TPSA) is 64.3 Å². The van der Waals surface area contributed by atoms with Crippen LogP contribution in [0, 0.1) is 0 Å². The number of carbonyl (C=O) groups excluding carboxylic acids is 1. The molecule has 0 bridgehead atoms. The summed E-state index contributed by atoms with van der Waals surface area (Å²) in [6.45, 7) is 1.85. The summed E-state index contributed by atoms with van der Waals surface area (Å²) >= 11 is 0. The highest BCUT2D eigenvalue weighted by Gasteiger charge is 2.15. The summed E-state index contributed by atoms with van der Waals surface area (Å²) in [6.07, 6.45) is 0. The summed E-state index contributed by atoms with van der Waals surface area (Å²) < 4.78 is 5.13. The van der Waals surface area contributed by atoms with E-state index in [0.717, 1.165) is 5.56 Å². The minimum atomic E-state index is -0.273. The largest absolute Gasteiger partial charge is 0.497 e. The van der Waals surface area contributed by atoms with Gasteiger partial charge in [-0.15, -0.1) is 0 Å². The maximum absolute atomic E-state index is 12.2. The molecule has 1 amide bonds. The molecule has 4 heteroatoms. The van der Waals surface area contributed by atoms with E-state index in [0.29, 0.717) is 17.1 Å². The Labute approximate surface area is 118 Å². The fraction of sp³-hybridized carbons (Fsp3) is 0.188. The molecule has 0 fully saturated rings. The van der Waals surface area contributed by atoms with Crippen LogP contribution < -0.4 is 15.8 Å². The monoisotopic (exact) mass is 270 g/mol. The summed E-state index contributed by atoms with van der Waals surface area (Å²) in [4.78, 5) is 12.2. The average Bonchev–Trinajstić information content (AvgIpc) is 2.46. The van der Waals surface area contributed by atoms with Gasteiger partial charge in [0.05, 0.1) is 13.0 Å². The van der Waals surface area contributed by atoms with E-state index in [-0.39, 0.29) is 11.8 Å². The fourth-order valence-corrected chi connectivity index (χ4v) is 1.93. The number of carbonyl (C=O) groups is 1. The lowest BCUT2D eigenvalue weighted by Gasteiger charge is -2.13. The molecule has 3 N–H and O–H groups in total. The number of anilines is 2. The van der Waals surface area contributed by atoms with Crippen LogP contribution in [-0.4, -0.2) is 13.0 Å². The van der Waals surface area contributed by atoms with E-state index in [1.807, 2.05) is 43.3 Å². The summed E-state index contributed by atoms with van der Waals surface area (Å²) in [6, 6.07) is 14.6. The minimum Gasteiger partial charge on any atom is -0.497 e. The molecular weight excluding hydrogens is 252 g/mol. The normalized spacial score (nSPS) is 11.7. The van der Waals surface area contributed by atoms with Gasteiger partial charge in [-0.25, -0.2) is 0 Å². The van der Waals surface area contributed by atoms with Crippen molar-refractivity contribution in [1.29, 1.82) is 0 Å². The average molecular weight is 270 g/mol. The number of methoxy groups -OCH3 is 1. The van der Waals surface area contributed by atoms with Gasteiger partial charge in [0.25, 0.3) is 0 Å². The van der Waals surface area contributed by atoms with Gasteiger partial charge in [-0.05, 0) is 36.8 Å². The Bertz CT molecular complexity index is 611. The number of hydrogen-bond acceptors (Lipinski definition) is 3. The van der Waals surface area contributed by atoms with Crippen LogP contribution in [0.2, 0.25) is 0 Å². The van der Waals surface area contributed by atoms with Crippen LogP contribution in [0.15, 0.2) is 48.5 Å². The van der Waals surface area contributed by atoms with E-state index in [1.54, 1.807) is 19.2 Å². The first kappa shape index (κ1) is 13.9. The SMILES string of the molecule is COc1cccc(NC(=O)C(C)c2cccc(N)c2)c1. The molecule has 20 heavy (non-hydrogen) atoms. The Morgan fingerprint density at radius 1 is 1.20 bits per heavy atom. The minimum absolute atomic E-state index is 0.0798. The first-order valence-corrected chi connectivity index (χ1v) is 6.40. The summed E-state index contributed by atoms with van der Waals surface area (Å²) in [5.41, 5.74) is 8.00. The molecule has 0 spiro atoms. The Hall–Kier alpha value is -2.49. The van der Waals surface area contributed by atoms with Gasteiger partial charge in [0.15, 0.2) is 0 Å². The number of ether oxygens (including phenoxy) is 1. The standard InChI is InChI=1S/C16H18N2O2/c1-11(12-5-3-6-13(17)9-12)16(19)18-14-7-4-8-15(10-14)20-2/h3-11H,17H2,1-2H3,(H,18,19). The van der Waals surface area contributed by atoms with Crippen molar-refractivity contribution in [2.45, 2.75) is 12.8 Å². The van der Waals surface area contributed by atoms with Gasteiger partial charge in [0.1, 0.15) is 5.75 Å². The lowest BCUT2D eigenvalue weighted by Crippen LogP contribution is -2.18. The Balaban J connectivity index is 2.11. The second-order valence-electron chi connectivity index (χ2n) is 4.61. The molecule has 104 valence electrons. The van der Waals surface area contributed by atoms with E-state index >= 15 is 0 Å². The van der Waals surface area contributed by atoms with Crippen molar-refractivity contribution in [2.75, 3.05) is 18.2 Å². The molecule has 0 saturated heterocycles. The lowest BCUT2D eigenvalue weighted by molar-refractivity contribution is -0.117. The molecule has 1 unspecified atom stereocenters. The smallest absolute Gasteiger partial charge is 0.231 e. The summed E-state index contributed by atoms with van der Waals surface area (Å²) in [5, 5.41) is 2.87. The van der Waals surface area contributed by atoms with Gasteiger partial charge in [-0.3, -0.25) is 4.79 Å². The van der Waals surface area contributed by atoms with Crippen molar-refractivity contribution in [3.8, 4) is 5.75 Å². The highest BCUT2D eigenvalue weighted by molar-refractivity contribution is 5.95. The number of rotatable bonds is 4. The lowest BCUT2D eigenvalue weighted by atomic mass is 10.00. The van der Waals surface area contributed by atoms with Crippen LogP contribution in [0.5, 0.6) is 5.75 Å². The van der Waals surface area contributed by atoms with Gasteiger partial charge in [0.2, 0.25) is 5.91 Å². The molecule has 0 aliphatic carbocycles. The maximum atomic E-state index is 12.2. The molecule has 0 radical (unpaired) electrons. The maximum Gasteiger partial charge on any atom is 0.231 e. The summed E-state index contributed by atoms with van der Waals surface area (Å²) in [5.74, 6) is 0.355. The molecular formula is C16H18N2O2. The van der Waals surface area contributed by atoms with Crippen LogP contribution in [0.1, 0.15) is 18.4 Å². The van der Waals surface area contributed by atoms with Crippen molar-refractivity contribution in [2.24, 2.45) is 0 Å². The van der Waals surface area contributed by atoms with Gasteiger partial charge in [0, 0.05) is 17.4 Å². The third kappa shape index (κ3) is 3.29. The van der Waals surface area contributed by atoms with Crippen LogP contribution >= 0.6 is 0 Å². The van der Waals surface area contributed by atoms with E-state index in [4.69, 9.17) is 10.5 Å². The predicted octanol–water partition coefficient (Wildman–Crippen LogP) is 3.02. The number of amides is 1.